The van der Waals surface area contributed by atoms with Crippen molar-refractivity contribution in [1.29, 1.82) is 0 Å². The predicted octanol–water partition coefficient (Wildman–Crippen LogP) is 1.28. The normalized spacial score (nSPS) is 17.7. The van der Waals surface area contributed by atoms with E-state index >= 15 is 0 Å². The van der Waals surface area contributed by atoms with Crippen molar-refractivity contribution in [3.63, 3.8) is 0 Å². The van der Waals surface area contributed by atoms with Crippen molar-refractivity contribution in [1.82, 2.24) is 9.55 Å². The van der Waals surface area contributed by atoms with Crippen LogP contribution in [0.2, 0.25) is 0 Å². The molecule has 2 heterocycles. The van der Waals surface area contributed by atoms with Crippen LogP contribution in [0.4, 0.5) is 0 Å². The summed E-state index contributed by atoms with van der Waals surface area (Å²) in [5.41, 5.74) is 0.378. The monoisotopic (exact) mass is 298 g/mol. The largest absolute Gasteiger partial charge is 0.297 e. The Morgan fingerprint density at radius 2 is 2.21 bits per heavy atom. The topological polar surface area (TPSA) is 69.0 Å². The zero-order valence-electron chi connectivity index (χ0n) is 10.5. The average Bonchev–Trinajstić information content (AvgIpc) is 2.88. The van der Waals surface area contributed by atoms with Crippen molar-refractivity contribution >= 4 is 31.4 Å². The molecule has 0 N–H and O–H groups in total. The Balaban J connectivity index is 1.94. The number of fused-ring (bicyclic) bond motifs is 1. The summed E-state index contributed by atoms with van der Waals surface area (Å²) in [6.45, 7) is 0.444. The molecule has 0 radical (unpaired) electrons. The SMILES string of the molecule is CS(=O)(=O)CC1(Cn2cnc3ccsc3c2=O)CC1. The highest BCUT2D eigenvalue weighted by molar-refractivity contribution is 7.90. The van der Waals surface area contributed by atoms with Crippen LogP contribution >= 0.6 is 11.3 Å². The summed E-state index contributed by atoms with van der Waals surface area (Å²) in [5.74, 6) is 0.148. The first-order valence-corrected chi connectivity index (χ1v) is 8.93. The van der Waals surface area contributed by atoms with Gasteiger partial charge in [-0.25, -0.2) is 13.4 Å². The number of aromatic nitrogens is 2. The summed E-state index contributed by atoms with van der Waals surface area (Å²) < 4.78 is 25.1. The number of nitrogens with zero attached hydrogens (tertiary/aromatic N) is 2. The molecule has 1 aliphatic carbocycles. The van der Waals surface area contributed by atoms with E-state index in [9.17, 15) is 13.2 Å². The van der Waals surface area contributed by atoms with Gasteiger partial charge in [0.15, 0.2) is 0 Å². The molecule has 0 spiro atoms. The summed E-state index contributed by atoms with van der Waals surface area (Å²) in [6, 6.07) is 1.81. The minimum atomic E-state index is -3.02. The van der Waals surface area contributed by atoms with E-state index in [-0.39, 0.29) is 16.7 Å². The molecule has 0 atom stereocenters. The molecule has 102 valence electrons. The third-order valence-corrected chi connectivity index (χ3v) is 5.50. The van der Waals surface area contributed by atoms with Gasteiger partial charge in [0.1, 0.15) is 14.5 Å². The number of rotatable bonds is 4. The fourth-order valence-electron chi connectivity index (χ4n) is 2.43. The van der Waals surface area contributed by atoms with Gasteiger partial charge >= 0.3 is 0 Å². The molecule has 1 saturated carbocycles. The Morgan fingerprint density at radius 1 is 1.47 bits per heavy atom. The smallest absolute Gasteiger partial charge is 0.271 e. The van der Waals surface area contributed by atoms with Crippen LogP contribution in [0, 0.1) is 5.41 Å². The van der Waals surface area contributed by atoms with Crippen molar-refractivity contribution in [2.75, 3.05) is 12.0 Å². The molecular weight excluding hydrogens is 284 g/mol. The average molecular weight is 298 g/mol. The third-order valence-electron chi connectivity index (χ3n) is 3.47. The molecule has 2 aromatic rings. The van der Waals surface area contributed by atoms with Gasteiger partial charge in [0, 0.05) is 18.2 Å². The lowest BCUT2D eigenvalue weighted by molar-refractivity contribution is 0.450. The lowest BCUT2D eigenvalue weighted by Crippen LogP contribution is -2.28. The molecule has 0 saturated heterocycles. The molecule has 2 aromatic heterocycles. The quantitative estimate of drug-likeness (QED) is 0.852. The maximum absolute atomic E-state index is 12.2. The van der Waals surface area contributed by atoms with Crippen LogP contribution in [0.25, 0.3) is 10.2 Å². The zero-order chi connectivity index (χ0) is 13.7. The van der Waals surface area contributed by atoms with E-state index < -0.39 is 9.84 Å². The fourth-order valence-corrected chi connectivity index (χ4v) is 4.72. The Labute approximate surface area is 114 Å². The summed E-state index contributed by atoms with van der Waals surface area (Å²) in [4.78, 5) is 16.5. The predicted molar refractivity (Wildman–Crippen MR) is 75.3 cm³/mol. The van der Waals surface area contributed by atoms with Crippen LogP contribution in [-0.2, 0) is 16.4 Å². The molecule has 0 aliphatic heterocycles. The van der Waals surface area contributed by atoms with Crippen molar-refractivity contribution in [2.45, 2.75) is 19.4 Å². The van der Waals surface area contributed by atoms with Crippen LogP contribution in [0.3, 0.4) is 0 Å². The van der Waals surface area contributed by atoms with E-state index in [1.54, 1.807) is 4.57 Å². The molecule has 1 aliphatic rings. The lowest BCUT2D eigenvalue weighted by atomic mass is 10.1. The maximum Gasteiger partial charge on any atom is 0.271 e. The molecule has 0 unspecified atom stereocenters. The highest BCUT2D eigenvalue weighted by Crippen LogP contribution is 2.47. The standard InChI is InChI=1S/C12H14N2O3S2/c1-19(16,17)7-12(3-4-12)6-14-8-13-9-2-5-18-10(9)11(14)15/h2,5,8H,3-4,6-7H2,1H3. The number of thiophene rings is 1. The molecule has 1 fully saturated rings. The molecule has 0 bridgehead atoms. The number of hydrogen-bond acceptors (Lipinski definition) is 5. The van der Waals surface area contributed by atoms with Crippen molar-refractivity contribution in [3.8, 4) is 0 Å². The summed E-state index contributed by atoms with van der Waals surface area (Å²) in [6.07, 6.45) is 4.49. The van der Waals surface area contributed by atoms with Crippen molar-refractivity contribution in [3.05, 3.63) is 28.1 Å². The Kier molecular flexibility index (Phi) is 2.79. The first-order chi connectivity index (χ1) is 8.89. The van der Waals surface area contributed by atoms with E-state index in [4.69, 9.17) is 0 Å². The van der Waals surface area contributed by atoms with E-state index in [0.29, 0.717) is 16.8 Å². The first kappa shape index (κ1) is 12.8. The van der Waals surface area contributed by atoms with Gasteiger partial charge in [-0.05, 0) is 24.3 Å². The summed E-state index contributed by atoms with van der Waals surface area (Å²) in [5, 5.41) is 1.84. The van der Waals surface area contributed by atoms with E-state index in [2.05, 4.69) is 4.98 Å². The van der Waals surface area contributed by atoms with Gasteiger partial charge in [-0.15, -0.1) is 11.3 Å². The van der Waals surface area contributed by atoms with Crippen LogP contribution in [-0.4, -0.2) is 30.0 Å². The molecule has 0 amide bonds. The van der Waals surface area contributed by atoms with Crippen LogP contribution in [0.15, 0.2) is 22.6 Å². The second-order valence-electron chi connectivity index (χ2n) is 5.38. The number of sulfone groups is 1. The summed E-state index contributed by atoms with van der Waals surface area (Å²) in [7, 11) is -3.02. The zero-order valence-corrected chi connectivity index (χ0v) is 12.1. The van der Waals surface area contributed by atoms with Gasteiger partial charge in [0.05, 0.1) is 17.6 Å². The van der Waals surface area contributed by atoms with E-state index in [1.165, 1.54) is 23.9 Å². The Morgan fingerprint density at radius 3 is 2.84 bits per heavy atom. The van der Waals surface area contributed by atoms with Gasteiger partial charge < -0.3 is 0 Å². The lowest BCUT2D eigenvalue weighted by Gasteiger charge is -2.15. The fraction of sp³-hybridized carbons (Fsp3) is 0.500. The van der Waals surface area contributed by atoms with Crippen LogP contribution in [0.1, 0.15) is 12.8 Å². The van der Waals surface area contributed by atoms with Gasteiger partial charge in [-0.3, -0.25) is 9.36 Å². The minimum absolute atomic E-state index is 0.0697. The van der Waals surface area contributed by atoms with Gasteiger partial charge in [-0.2, -0.15) is 0 Å². The second-order valence-corrected chi connectivity index (χ2v) is 8.44. The summed E-state index contributed by atoms with van der Waals surface area (Å²) >= 11 is 1.37. The first-order valence-electron chi connectivity index (χ1n) is 5.99. The molecule has 5 nitrogen and oxygen atoms in total. The Hall–Kier alpha value is -1.21. The second kappa shape index (κ2) is 4.14. The molecule has 19 heavy (non-hydrogen) atoms. The molecule has 3 rings (SSSR count). The Bertz CT molecular complexity index is 785. The molecule has 7 heteroatoms. The number of hydrogen-bond donors (Lipinski definition) is 0. The van der Waals surface area contributed by atoms with Crippen LogP contribution in [0.5, 0.6) is 0 Å². The van der Waals surface area contributed by atoms with Gasteiger partial charge in [0.2, 0.25) is 0 Å². The molecule has 0 aromatic carbocycles. The van der Waals surface area contributed by atoms with Crippen molar-refractivity contribution < 1.29 is 8.42 Å². The van der Waals surface area contributed by atoms with Gasteiger partial charge in [0.25, 0.3) is 5.56 Å². The van der Waals surface area contributed by atoms with Crippen LogP contribution < -0.4 is 5.56 Å². The van der Waals surface area contributed by atoms with Crippen molar-refractivity contribution in [2.24, 2.45) is 5.41 Å². The van der Waals surface area contributed by atoms with E-state index in [0.717, 1.165) is 12.8 Å². The van der Waals surface area contributed by atoms with E-state index in [1.807, 2.05) is 11.4 Å². The third kappa shape index (κ3) is 2.57. The highest BCUT2D eigenvalue weighted by Gasteiger charge is 2.45. The maximum atomic E-state index is 12.2. The van der Waals surface area contributed by atoms with Gasteiger partial charge in [-0.1, -0.05) is 0 Å². The molecular formula is C12H14N2O3S2. The minimum Gasteiger partial charge on any atom is -0.297 e. The highest BCUT2D eigenvalue weighted by atomic mass is 32.2.